The van der Waals surface area contributed by atoms with E-state index in [1.54, 1.807) is 0 Å². The van der Waals surface area contributed by atoms with Crippen molar-refractivity contribution >= 4 is 5.69 Å². The van der Waals surface area contributed by atoms with Gasteiger partial charge >= 0.3 is 5.69 Å². The molecule has 0 saturated carbocycles. The highest BCUT2D eigenvalue weighted by Crippen LogP contribution is 2.25. The third kappa shape index (κ3) is 2.87. The maximum absolute atomic E-state index is 9.78. The molecule has 1 aliphatic rings. The second-order valence-corrected chi connectivity index (χ2v) is 4.41. The Morgan fingerprint density at radius 1 is 1.10 bits per heavy atom. The molecule has 2 rings (SSSR count). The van der Waals surface area contributed by atoms with Crippen LogP contribution in [0.15, 0.2) is 24.3 Å². The minimum atomic E-state index is -1.49. The van der Waals surface area contributed by atoms with Crippen molar-refractivity contribution in [2.45, 2.75) is 30.7 Å². The molecule has 8 nitrogen and oxygen atoms in total. The first-order valence-corrected chi connectivity index (χ1v) is 5.99. The lowest BCUT2D eigenvalue weighted by Gasteiger charge is -2.39. The molecular weight excluding hydrogens is 268 g/mol. The normalized spacial score (nSPS) is 33.5. The number of ether oxygens (including phenoxy) is 2. The van der Waals surface area contributed by atoms with Gasteiger partial charge in [0.15, 0.2) is 4.98 Å². The van der Waals surface area contributed by atoms with Crippen molar-refractivity contribution in [3.05, 3.63) is 29.2 Å². The molecule has 4 N–H and O–H groups in total. The molecule has 108 valence electrons. The molecule has 1 aromatic rings. The van der Waals surface area contributed by atoms with Crippen LogP contribution in [0.4, 0.5) is 5.69 Å². The summed E-state index contributed by atoms with van der Waals surface area (Å²) in [6.45, 7) is -0.521. The van der Waals surface area contributed by atoms with Gasteiger partial charge in [0, 0.05) is 12.1 Å². The maximum Gasteiger partial charge on any atom is 0.385 e. The maximum atomic E-state index is 9.78. The molecule has 8 heteroatoms. The lowest BCUT2D eigenvalue weighted by molar-refractivity contribution is -0.277. The van der Waals surface area contributed by atoms with Crippen molar-refractivity contribution in [3.8, 4) is 5.75 Å². The predicted octanol–water partition coefficient (Wildman–Crippen LogP) is -0.650. The van der Waals surface area contributed by atoms with Gasteiger partial charge in [0.2, 0.25) is 11.7 Å². The summed E-state index contributed by atoms with van der Waals surface area (Å²) in [6.07, 6.45) is -6.63. The second kappa shape index (κ2) is 6.13. The predicted molar refractivity (Wildman–Crippen MR) is 65.6 cm³/mol. The number of aliphatic hydroxyl groups excluding tert-OH is 4. The number of diazo groups is 1. The van der Waals surface area contributed by atoms with Gasteiger partial charge < -0.3 is 29.9 Å². The average molecular weight is 283 g/mol. The topological polar surface area (TPSA) is 128 Å². The van der Waals surface area contributed by atoms with E-state index in [0.29, 0.717) is 11.4 Å². The van der Waals surface area contributed by atoms with Crippen molar-refractivity contribution in [1.29, 1.82) is 5.39 Å². The van der Waals surface area contributed by atoms with E-state index >= 15 is 0 Å². The first-order valence-electron chi connectivity index (χ1n) is 5.99. The van der Waals surface area contributed by atoms with Crippen LogP contribution in [-0.4, -0.2) is 57.7 Å². The molecule has 1 heterocycles. The molecule has 5 atom stereocenters. The zero-order valence-corrected chi connectivity index (χ0v) is 10.4. The Hall–Kier alpha value is -1.76. The Balaban J connectivity index is 2.09. The van der Waals surface area contributed by atoms with E-state index in [0.717, 1.165) is 0 Å². The van der Waals surface area contributed by atoms with E-state index in [4.69, 9.17) is 20.0 Å². The van der Waals surface area contributed by atoms with Crippen LogP contribution in [0.5, 0.6) is 5.75 Å². The minimum absolute atomic E-state index is 0.307. The van der Waals surface area contributed by atoms with Crippen LogP contribution >= 0.6 is 0 Å². The number of aliphatic hydroxyl groups is 4. The standard InChI is InChI=1S/C12H15N2O6/c13-14-6-1-3-7(4-2-6)19-12-11(18)10(17)9(16)8(5-15)20-12/h1-4,8-12,15-18H,5H2/q+1/t8-,9-,10+,11-,12?/m1/s1. The molecule has 0 amide bonds. The number of hydrogen-bond donors (Lipinski definition) is 4. The molecule has 0 radical (unpaired) electrons. The first-order chi connectivity index (χ1) is 9.56. The fourth-order valence-electron chi connectivity index (χ4n) is 1.89. The van der Waals surface area contributed by atoms with E-state index in [2.05, 4.69) is 4.98 Å². The summed E-state index contributed by atoms with van der Waals surface area (Å²) in [4.78, 5) is 2.98. The smallest absolute Gasteiger partial charge is 0.385 e. The molecule has 0 aromatic heterocycles. The van der Waals surface area contributed by atoms with Crippen molar-refractivity contribution < 1.29 is 29.9 Å². The van der Waals surface area contributed by atoms with E-state index in [1.807, 2.05) is 0 Å². The Bertz CT molecular complexity index is 486. The van der Waals surface area contributed by atoms with E-state index < -0.39 is 37.3 Å². The largest absolute Gasteiger partial charge is 0.462 e. The van der Waals surface area contributed by atoms with Gasteiger partial charge in [0.1, 0.15) is 30.2 Å². The summed E-state index contributed by atoms with van der Waals surface area (Å²) in [7, 11) is 0. The Morgan fingerprint density at radius 3 is 2.30 bits per heavy atom. The molecule has 0 bridgehead atoms. The van der Waals surface area contributed by atoms with Crippen LogP contribution < -0.4 is 4.74 Å². The van der Waals surface area contributed by atoms with Gasteiger partial charge in [-0.15, -0.1) is 0 Å². The quantitative estimate of drug-likeness (QED) is 0.543. The summed E-state index contributed by atoms with van der Waals surface area (Å²) in [5.41, 5.74) is 0.325. The van der Waals surface area contributed by atoms with Crippen LogP contribution in [0.3, 0.4) is 0 Å². The number of hydrogen-bond acceptors (Lipinski definition) is 7. The highest BCUT2D eigenvalue weighted by atomic mass is 16.7. The molecule has 1 fully saturated rings. The van der Waals surface area contributed by atoms with Gasteiger partial charge in [-0.2, -0.15) is 0 Å². The summed E-state index contributed by atoms with van der Waals surface area (Å²) in [5.74, 6) is 0.307. The van der Waals surface area contributed by atoms with E-state index in [9.17, 15) is 15.3 Å². The first kappa shape index (κ1) is 14.6. The van der Waals surface area contributed by atoms with Crippen molar-refractivity contribution in [2.75, 3.05) is 6.61 Å². The second-order valence-electron chi connectivity index (χ2n) is 4.41. The molecule has 1 aromatic carbocycles. The van der Waals surface area contributed by atoms with Crippen LogP contribution in [0.2, 0.25) is 0 Å². The van der Waals surface area contributed by atoms with Gasteiger partial charge in [-0.1, -0.05) is 0 Å². The Kier molecular flexibility index (Phi) is 4.49. The van der Waals surface area contributed by atoms with Crippen molar-refractivity contribution in [3.63, 3.8) is 0 Å². The third-order valence-corrected chi connectivity index (χ3v) is 3.05. The Morgan fingerprint density at radius 2 is 1.75 bits per heavy atom. The lowest BCUT2D eigenvalue weighted by atomic mass is 9.99. The van der Waals surface area contributed by atoms with Gasteiger partial charge in [-0.25, -0.2) is 0 Å². The lowest BCUT2D eigenvalue weighted by Crippen LogP contribution is -2.60. The molecule has 0 spiro atoms. The molecule has 1 unspecified atom stereocenters. The number of benzene rings is 1. The molecule has 20 heavy (non-hydrogen) atoms. The number of nitrogens with zero attached hydrogens (tertiary/aromatic N) is 2. The average Bonchev–Trinajstić information content (AvgIpc) is 2.48. The molecule has 1 saturated heterocycles. The van der Waals surface area contributed by atoms with Gasteiger partial charge in [0.25, 0.3) is 0 Å². The van der Waals surface area contributed by atoms with Crippen molar-refractivity contribution in [1.82, 2.24) is 0 Å². The summed E-state index contributed by atoms with van der Waals surface area (Å²) in [5, 5.41) is 46.6. The van der Waals surface area contributed by atoms with Crippen LogP contribution in [0, 0.1) is 5.39 Å². The third-order valence-electron chi connectivity index (χ3n) is 3.05. The van der Waals surface area contributed by atoms with Gasteiger partial charge in [-0.3, -0.25) is 0 Å². The summed E-state index contributed by atoms with van der Waals surface area (Å²) >= 11 is 0. The summed E-state index contributed by atoms with van der Waals surface area (Å²) in [6, 6.07) is 5.91. The fraction of sp³-hybridized carbons (Fsp3) is 0.500. The van der Waals surface area contributed by atoms with Crippen LogP contribution in [0.1, 0.15) is 0 Å². The highest BCUT2D eigenvalue weighted by molar-refractivity contribution is 5.46. The minimum Gasteiger partial charge on any atom is -0.462 e. The zero-order valence-electron chi connectivity index (χ0n) is 10.4. The Labute approximate surface area is 114 Å². The van der Waals surface area contributed by atoms with Gasteiger partial charge in [0.05, 0.1) is 6.61 Å². The monoisotopic (exact) mass is 283 g/mol. The number of rotatable bonds is 3. The van der Waals surface area contributed by atoms with E-state index in [-0.39, 0.29) is 0 Å². The van der Waals surface area contributed by atoms with Crippen LogP contribution in [-0.2, 0) is 4.74 Å². The SMILES string of the molecule is N#[N+]c1ccc(OC2O[C@H](CO)[C@@H](O)[C@H](O)[C@H]2O)cc1. The molecule has 1 aliphatic heterocycles. The van der Waals surface area contributed by atoms with E-state index in [1.165, 1.54) is 24.3 Å². The zero-order chi connectivity index (χ0) is 14.7. The summed E-state index contributed by atoms with van der Waals surface area (Å²) < 4.78 is 10.5. The molecular formula is C12H15N2O6+. The highest BCUT2D eigenvalue weighted by Gasteiger charge is 2.44. The molecule has 0 aliphatic carbocycles. The fourth-order valence-corrected chi connectivity index (χ4v) is 1.89. The van der Waals surface area contributed by atoms with Crippen LogP contribution in [0.25, 0.3) is 4.98 Å². The van der Waals surface area contributed by atoms with Gasteiger partial charge in [-0.05, 0) is 12.1 Å². The van der Waals surface area contributed by atoms with Crippen molar-refractivity contribution in [2.24, 2.45) is 0 Å².